The maximum atomic E-state index is 8.92. The molecule has 0 aliphatic heterocycles. The quantitative estimate of drug-likeness (QED) is 0.890. The molecule has 17 heavy (non-hydrogen) atoms. The van der Waals surface area contributed by atoms with Crippen LogP contribution in [-0.2, 0) is 0 Å². The first-order chi connectivity index (χ1) is 8.22. The van der Waals surface area contributed by atoms with Gasteiger partial charge in [0.1, 0.15) is 0 Å². The zero-order valence-corrected chi connectivity index (χ0v) is 10.8. The molecule has 1 aliphatic carbocycles. The van der Waals surface area contributed by atoms with E-state index in [1.165, 1.54) is 6.42 Å². The van der Waals surface area contributed by atoms with Crippen LogP contribution in [0.4, 0.5) is 5.82 Å². The van der Waals surface area contributed by atoms with Crippen LogP contribution in [0.15, 0.2) is 0 Å². The third-order valence-electron chi connectivity index (χ3n) is 2.95. The Balaban J connectivity index is 2.20. The number of nitrogens with zero attached hydrogens (tertiary/aromatic N) is 4. The Bertz CT molecular complexity index is 387. The van der Waals surface area contributed by atoms with Crippen molar-refractivity contribution in [1.82, 2.24) is 15.2 Å². The van der Waals surface area contributed by atoms with Crippen LogP contribution in [0, 0.1) is 0 Å². The van der Waals surface area contributed by atoms with Gasteiger partial charge in [0.25, 0.3) is 0 Å². The Labute approximate surface area is 110 Å². The molecule has 0 unspecified atom stereocenters. The fraction of sp³-hybridized carbons (Fsp3) is 0.700. The summed E-state index contributed by atoms with van der Waals surface area (Å²) in [5.41, 5.74) is 0. The zero-order valence-electron chi connectivity index (χ0n) is 9.31. The van der Waals surface area contributed by atoms with Crippen LogP contribution in [0.5, 0.6) is 0 Å². The van der Waals surface area contributed by atoms with Crippen LogP contribution in [0.3, 0.4) is 0 Å². The average molecular weight is 277 g/mol. The van der Waals surface area contributed by atoms with E-state index in [1.807, 2.05) is 0 Å². The summed E-state index contributed by atoms with van der Waals surface area (Å²) >= 11 is 11.7. The Kier molecular flexibility index (Phi) is 4.36. The van der Waals surface area contributed by atoms with Gasteiger partial charge in [-0.3, -0.25) is 0 Å². The second-order valence-electron chi connectivity index (χ2n) is 4.05. The van der Waals surface area contributed by atoms with Crippen LogP contribution in [-0.4, -0.2) is 39.5 Å². The van der Waals surface area contributed by atoms with Crippen molar-refractivity contribution < 1.29 is 5.11 Å². The average Bonchev–Trinajstić information content (AvgIpc) is 2.25. The van der Waals surface area contributed by atoms with E-state index < -0.39 is 0 Å². The Morgan fingerprint density at radius 2 is 2.06 bits per heavy atom. The molecule has 1 heterocycles. The molecule has 5 nitrogen and oxygen atoms in total. The largest absolute Gasteiger partial charge is 0.396 e. The predicted molar refractivity (Wildman–Crippen MR) is 66.5 cm³/mol. The predicted octanol–water partition coefficient (Wildman–Crippen LogP) is 1.92. The lowest BCUT2D eigenvalue weighted by Crippen LogP contribution is -2.42. The molecule has 0 spiro atoms. The van der Waals surface area contributed by atoms with Crippen LogP contribution < -0.4 is 4.90 Å². The first-order valence-electron chi connectivity index (χ1n) is 5.65. The highest BCUT2D eigenvalue weighted by atomic mass is 35.5. The first-order valence-corrected chi connectivity index (χ1v) is 6.41. The molecule has 2 rings (SSSR count). The summed E-state index contributed by atoms with van der Waals surface area (Å²) in [7, 11) is 0. The minimum atomic E-state index is 0.0951. The van der Waals surface area contributed by atoms with E-state index >= 15 is 0 Å². The molecule has 1 aromatic rings. The molecule has 1 aromatic heterocycles. The maximum absolute atomic E-state index is 8.92. The van der Waals surface area contributed by atoms with Gasteiger partial charge in [-0.1, -0.05) is 11.6 Å². The minimum Gasteiger partial charge on any atom is -0.396 e. The molecule has 0 bridgehead atoms. The number of aliphatic hydroxyl groups excluding tert-OH is 1. The monoisotopic (exact) mass is 276 g/mol. The highest BCUT2D eigenvalue weighted by Crippen LogP contribution is 2.31. The summed E-state index contributed by atoms with van der Waals surface area (Å²) in [5, 5.41) is 16.6. The molecule has 0 saturated heterocycles. The van der Waals surface area contributed by atoms with E-state index in [1.54, 1.807) is 0 Å². The van der Waals surface area contributed by atoms with E-state index in [0.717, 1.165) is 12.8 Å². The second-order valence-corrected chi connectivity index (χ2v) is 4.75. The fourth-order valence-electron chi connectivity index (χ4n) is 1.87. The highest BCUT2D eigenvalue weighted by Gasteiger charge is 2.27. The summed E-state index contributed by atoms with van der Waals surface area (Å²) in [6, 6.07) is 0.423. The highest BCUT2D eigenvalue weighted by molar-refractivity contribution is 6.32. The van der Waals surface area contributed by atoms with Gasteiger partial charge in [0.15, 0.2) is 11.0 Å². The summed E-state index contributed by atoms with van der Waals surface area (Å²) in [4.78, 5) is 6.21. The number of halogens is 2. The van der Waals surface area contributed by atoms with Crippen molar-refractivity contribution in [2.45, 2.75) is 31.7 Å². The number of hydrogen-bond donors (Lipinski definition) is 1. The number of aromatic nitrogens is 3. The number of anilines is 1. The molecule has 7 heteroatoms. The number of rotatable bonds is 5. The van der Waals surface area contributed by atoms with Gasteiger partial charge in [-0.05, 0) is 37.3 Å². The van der Waals surface area contributed by atoms with Crippen molar-refractivity contribution in [3.63, 3.8) is 0 Å². The lowest BCUT2D eigenvalue weighted by Gasteiger charge is -2.38. The van der Waals surface area contributed by atoms with Gasteiger partial charge in [-0.2, -0.15) is 4.98 Å². The molecule has 1 aliphatic rings. The van der Waals surface area contributed by atoms with Gasteiger partial charge in [0, 0.05) is 19.2 Å². The van der Waals surface area contributed by atoms with Crippen molar-refractivity contribution in [2.24, 2.45) is 0 Å². The first kappa shape index (κ1) is 12.8. The third kappa shape index (κ3) is 2.97. The smallest absolute Gasteiger partial charge is 0.245 e. The molecule has 0 radical (unpaired) electrons. The van der Waals surface area contributed by atoms with Crippen molar-refractivity contribution in [1.29, 1.82) is 0 Å². The van der Waals surface area contributed by atoms with E-state index in [2.05, 4.69) is 20.1 Å². The molecular weight excluding hydrogens is 263 g/mol. The van der Waals surface area contributed by atoms with E-state index in [4.69, 9.17) is 28.3 Å². The Hall–Kier alpha value is -0.650. The van der Waals surface area contributed by atoms with Gasteiger partial charge >= 0.3 is 0 Å². The zero-order chi connectivity index (χ0) is 12.3. The van der Waals surface area contributed by atoms with Crippen LogP contribution in [0.2, 0.25) is 10.4 Å². The molecule has 1 N–H and O–H groups in total. The van der Waals surface area contributed by atoms with E-state index in [9.17, 15) is 0 Å². The number of aliphatic hydroxyl groups is 1. The van der Waals surface area contributed by atoms with Crippen LogP contribution in [0.25, 0.3) is 0 Å². The minimum absolute atomic E-state index is 0.0951. The fourth-order valence-corrected chi connectivity index (χ4v) is 2.18. The van der Waals surface area contributed by atoms with Crippen molar-refractivity contribution in [3.05, 3.63) is 10.4 Å². The molecule has 1 saturated carbocycles. The van der Waals surface area contributed by atoms with Crippen molar-refractivity contribution in [3.8, 4) is 0 Å². The summed E-state index contributed by atoms with van der Waals surface area (Å²) in [5.74, 6) is 0.574. The van der Waals surface area contributed by atoms with Gasteiger partial charge in [0.05, 0.1) is 0 Å². The van der Waals surface area contributed by atoms with E-state index in [-0.39, 0.29) is 17.0 Å². The molecule has 0 amide bonds. The molecule has 0 atom stereocenters. The molecule has 94 valence electrons. The second kappa shape index (κ2) is 5.80. The van der Waals surface area contributed by atoms with Crippen LogP contribution >= 0.6 is 23.2 Å². The van der Waals surface area contributed by atoms with Crippen LogP contribution in [0.1, 0.15) is 25.7 Å². The Morgan fingerprint density at radius 3 is 2.65 bits per heavy atom. The topological polar surface area (TPSA) is 62.1 Å². The summed E-state index contributed by atoms with van der Waals surface area (Å²) < 4.78 is 0. The lowest BCUT2D eigenvalue weighted by molar-refractivity contribution is 0.282. The molecule has 0 aromatic carbocycles. The van der Waals surface area contributed by atoms with Crippen molar-refractivity contribution >= 4 is 29.0 Å². The normalized spacial score (nSPS) is 15.7. The van der Waals surface area contributed by atoms with Gasteiger partial charge < -0.3 is 10.0 Å². The molecule has 1 fully saturated rings. The van der Waals surface area contributed by atoms with Gasteiger partial charge in [0.2, 0.25) is 5.28 Å². The third-order valence-corrected chi connectivity index (χ3v) is 3.35. The number of hydrogen-bond acceptors (Lipinski definition) is 5. The molecular formula is C10H14Cl2N4O. The lowest BCUT2D eigenvalue weighted by atomic mass is 9.91. The SMILES string of the molecule is OCCCN(c1nc(Cl)nnc1Cl)C1CCC1. The maximum Gasteiger partial charge on any atom is 0.245 e. The van der Waals surface area contributed by atoms with Gasteiger partial charge in [-0.15, -0.1) is 10.2 Å². The van der Waals surface area contributed by atoms with Crippen molar-refractivity contribution in [2.75, 3.05) is 18.1 Å². The standard InChI is InChI=1S/C10H14Cl2N4O/c11-8-9(13-10(12)15-14-8)16(5-2-6-17)7-3-1-4-7/h7,17H,1-6H2. The summed E-state index contributed by atoms with van der Waals surface area (Å²) in [6.45, 7) is 0.850. The van der Waals surface area contributed by atoms with Gasteiger partial charge in [-0.25, -0.2) is 0 Å². The van der Waals surface area contributed by atoms with E-state index in [0.29, 0.717) is 24.8 Å². The Morgan fingerprint density at radius 1 is 1.29 bits per heavy atom. The summed E-state index contributed by atoms with van der Waals surface area (Å²) in [6.07, 6.45) is 4.12.